The van der Waals surface area contributed by atoms with Crippen molar-refractivity contribution in [3.05, 3.63) is 69.9 Å². The van der Waals surface area contributed by atoms with Gasteiger partial charge in [-0.3, -0.25) is 4.79 Å². The first-order valence-corrected chi connectivity index (χ1v) is 8.39. The fourth-order valence-electron chi connectivity index (χ4n) is 2.40. The van der Waals surface area contributed by atoms with Crippen LogP contribution < -0.4 is 0 Å². The highest BCUT2D eigenvalue weighted by atomic mass is 79.9. The zero-order chi connectivity index (χ0) is 17.8. The number of ether oxygens (including phenoxy) is 1. The van der Waals surface area contributed by atoms with Crippen molar-refractivity contribution in [3.8, 4) is 0 Å². The van der Waals surface area contributed by atoms with E-state index >= 15 is 0 Å². The minimum absolute atomic E-state index is 0.0303. The van der Waals surface area contributed by atoms with Crippen molar-refractivity contribution in [1.29, 1.82) is 0 Å². The molecule has 1 aliphatic heterocycles. The minimum Gasteiger partial charge on any atom is -0.452 e. The average molecular weight is 405 g/mol. The molecular formula is C18H14BrFN2O3. The van der Waals surface area contributed by atoms with E-state index in [9.17, 15) is 14.0 Å². The summed E-state index contributed by atoms with van der Waals surface area (Å²) < 4.78 is 18.6. The molecule has 0 atom stereocenters. The number of esters is 1. The van der Waals surface area contributed by atoms with Gasteiger partial charge in [0.15, 0.2) is 6.61 Å². The van der Waals surface area contributed by atoms with Gasteiger partial charge in [0.1, 0.15) is 5.82 Å². The molecule has 0 radical (unpaired) electrons. The summed E-state index contributed by atoms with van der Waals surface area (Å²) in [6.45, 7) is -0.0162. The maximum Gasteiger partial charge on any atom is 0.339 e. The van der Waals surface area contributed by atoms with Crippen molar-refractivity contribution in [2.45, 2.75) is 6.42 Å². The van der Waals surface area contributed by atoms with Crippen molar-refractivity contribution in [2.75, 3.05) is 13.2 Å². The van der Waals surface area contributed by atoms with Gasteiger partial charge in [-0.15, -0.1) is 0 Å². The van der Waals surface area contributed by atoms with Crippen molar-refractivity contribution in [2.24, 2.45) is 5.10 Å². The first-order valence-electron chi connectivity index (χ1n) is 7.60. The monoisotopic (exact) mass is 404 g/mol. The van der Waals surface area contributed by atoms with Gasteiger partial charge in [0, 0.05) is 10.9 Å². The van der Waals surface area contributed by atoms with Gasteiger partial charge in [-0.1, -0.05) is 30.3 Å². The summed E-state index contributed by atoms with van der Waals surface area (Å²) in [6.07, 6.45) is 0.638. The molecule has 128 valence electrons. The van der Waals surface area contributed by atoms with Gasteiger partial charge >= 0.3 is 5.97 Å². The van der Waals surface area contributed by atoms with Crippen molar-refractivity contribution in [1.82, 2.24) is 5.01 Å². The Hall–Kier alpha value is -2.54. The molecule has 0 spiro atoms. The number of hydrazone groups is 1. The number of benzene rings is 2. The van der Waals surface area contributed by atoms with Crippen LogP contribution in [0.15, 0.2) is 58.1 Å². The lowest BCUT2D eigenvalue weighted by atomic mass is 10.1. The molecule has 25 heavy (non-hydrogen) atoms. The highest BCUT2D eigenvalue weighted by Gasteiger charge is 2.23. The van der Waals surface area contributed by atoms with Gasteiger partial charge in [0.25, 0.3) is 5.91 Å². The van der Waals surface area contributed by atoms with E-state index in [1.54, 1.807) is 0 Å². The summed E-state index contributed by atoms with van der Waals surface area (Å²) in [7, 11) is 0. The summed E-state index contributed by atoms with van der Waals surface area (Å²) in [4.78, 5) is 24.2. The van der Waals surface area contributed by atoms with Crippen LogP contribution in [-0.2, 0) is 9.53 Å². The molecular weight excluding hydrogens is 391 g/mol. The van der Waals surface area contributed by atoms with Crippen LogP contribution >= 0.6 is 15.9 Å². The Morgan fingerprint density at radius 1 is 1.20 bits per heavy atom. The lowest BCUT2D eigenvalue weighted by molar-refractivity contribution is -0.134. The summed E-state index contributed by atoms with van der Waals surface area (Å²) in [6, 6.07) is 13.2. The predicted molar refractivity (Wildman–Crippen MR) is 93.7 cm³/mol. The maximum absolute atomic E-state index is 13.2. The number of carbonyl (C=O) groups is 2. The van der Waals surface area contributed by atoms with Gasteiger partial charge < -0.3 is 4.74 Å². The third-order valence-electron chi connectivity index (χ3n) is 3.67. The van der Waals surface area contributed by atoms with Crippen LogP contribution in [0.1, 0.15) is 22.3 Å². The number of hydrogen-bond donors (Lipinski definition) is 0. The molecule has 2 aromatic rings. The number of carbonyl (C=O) groups excluding carboxylic acids is 2. The van der Waals surface area contributed by atoms with Crippen LogP contribution in [0.4, 0.5) is 4.39 Å². The quantitative estimate of drug-likeness (QED) is 0.733. The highest BCUT2D eigenvalue weighted by molar-refractivity contribution is 9.10. The second-order valence-corrected chi connectivity index (χ2v) is 6.23. The largest absolute Gasteiger partial charge is 0.452 e. The van der Waals surface area contributed by atoms with Crippen LogP contribution in [0.25, 0.3) is 0 Å². The Bertz CT molecular complexity index is 839. The Labute approximate surface area is 152 Å². The molecule has 0 aromatic heterocycles. The van der Waals surface area contributed by atoms with Crippen LogP contribution in [0, 0.1) is 5.82 Å². The zero-order valence-electron chi connectivity index (χ0n) is 13.1. The van der Waals surface area contributed by atoms with Gasteiger partial charge in [0.05, 0.1) is 17.8 Å². The standard InChI is InChI=1S/C18H14BrFN2O3/c19-15-7-6-13(20)10-14(15)18(24)25-11-17(23)22-9-8-16(21-22)12-4-2-1-3-5-12/h1-7,10H,8-9,11H2. The molecule has 0 aliphatic carbocycles. The second-order valence-electron chi connectivity index (χ2n) is 5.38. The Morgan fingerprint density at radius 2 is 1.96 bits per heavy atom. The Balaban J connectivity index is 1.61. The normalized spacial score (nSPS) is 13.5. The molecule has 1 heterocycles. The predicted octanol–water partition coefficient (Wildman–Crippen LogP) is 3.38. The second kappa shape index (κ2) is 7.57. The molecule has 0 saturated carbocycles. The van der Waals surface area contributed by atoms with Crippen molar-refractivity contribution < 1.29 is 18.7 Å². The summed E-state index contributed by atoms with van der Waals surface area (Å²) in [5, 5.41) is 5.57. The zero-order valence-corrected chi connectivity index (χ0v) is 14.7. The number of hydrogen-bond acceptors (Lipinski definition) is 4. The van der Waals surface area contributed by atoms with E-state index in [-0.39, 0.29) is 5.56 Å². The topological polar surface area (TPSA) is 59.0 Å². The summed E-state index contributed by atoms with van der Waals surface area (Å²) in [5.41, 5.74) is 1.80. The van der Waals surface area contributed by atoms with E-state index in [1.165, 1.54) is 17.1 Å². The Morgan fingerprint density at radius 3 is 2.72 bits per heavy atom. The third-order valence-corrected chi connectivity index (χ3v) is 4.36. The molecule has 0 bridgehead atoms. The third kappa shape index (κ3) is 4.11. The molecule has 0 N–H and O–H groups in total. The van der Waals surface area contributed by atoms with Crippen LogP contribution in [-0.4, -0.2) is 35.7 Å². The molecule has 3 rings (SSSR count). The minimum atomic E-state index is -0.772. The molecule has 0 fully saturated rings. The van der Waals surface area contributed by atoms with Gasteiger partial charge in [-0.05, 0) is 39.7 Å². The van der Waals surface area contributed by atoms with E-state index in [4.69, 9.17) is 4.74 Å². The van der Waals surface area contributed by atoms with Crippen molar-refractivity contribution >= 4 is 33.5 Å². The van der Waals surface area contributed by atoms with E-state index in [2.05, 4.69) is 21.0 Å². The first-order chi connectivity index (χ1) is 12.0. The molecule has 1 aliphatic rings. The van der Waals surface area contributed by atoms with E-state index in [0.29, 0.717) is 17.4 Å². The fraction of sp³-hybridized carbons (Fsp3) is 0.167. The molecule has 2 aromatic carbocycles. The number of rotatable bonds is 4. The lowest BCUT2D eigenvalue weighted by Crippen LogP contribution is -2.28. The lowest BCUT2D eigenvalue weighted by Gasteiger charge is -2.12. The fourth-order valence-corrected chi connectivity index (χ4v) is 2.81. The number of nitrogens with zero attached hydrogens (tertiary/aromatic N) is 2. The van der Waals surface area contributed by atoms with E-state index in [0.717, 1.165) is 17.3 Å². The summed E-state index contributed by atoms with van der Waals surface area (Å²) in [5.74, 6) is -1.75. The molecule has 7 heteroatoms. The van der Waals surface area contributed by atoms with E-state index in [1.807, 2.05) is 30.3 Å². The van der Waals surface area contributed by atoms with Crippen LogP contribution in [0.5, 0.6) is 0 Å². The van der Waals surface area contributed by atoms with Crippen LogP contribution in [0.2, 0.25) is 0 Å². The average Bonchev–Trinajstić information content (AvgIpc) is 3.12. The molecule has 0 saturated heterocycles. The maximum atomic E-state index is 13.2. The smallest absolute Gasteiger partial charge is 0.339 e. The van der Waals surface area contributed by atoms with E-state index < -0.39 is 24.3 Å². The Kier molecular flexibility index (Phi) is 5.23. The van der Waals surface area contributed by atoms with Crippen molar-refractivity contribution in [3.63, 3.8) is 0 Å². The molecule has 1 amide bonds. The molecule has 5 nitrogen and oxygen atoms in total. The van der Waals surface area contributed by atoms with Gasteiger partial charge in [0.2, 0.25) is 0 Å². The first kappa shape index (κ1) is 17.3. The molecule has 0 unspecified atom stereocenters. The highest BCUT2D eigenvalue weighted by Crippen LogP contribution is 2.19. The van der Waals surface area contributed by atoms with Gasteiger partial charge in [-0.2, -0.15) is 5.10 Å². The van der Waals surface area contributed by atoms with Gasteiger partial charge in [-0.25, -0.2) is 14.2 Å². The summed E-state index contributed by atoms with van der Waals surface area (Å²) >= 11 is 3.15. The SMILES string of the molecule is O=C(OCC(=O)N1CCC(c2ccccc2)=N1)c1cc(F)ccc1Br. The number of halogens is 2. The number of amides is 1. The van der Waals surface area contributed by atoms with Crippen LogP contribution in [0.3, 0.4) is 0 Å².